The fourth-order valence-electron chi connectivity index (χ4n) is 3.57. The molecule has 0 saturated carbocycles. The number of piperidine rings is 1. The molecule has 2 aromatic carbocycles. The molecule has 1 N–H and O–H groups in total. The number of rotatable bonds is 5. The van der Waals surface area contributed by atoms with Gasteiger partial charge >= 0.3 is 5.97 Å². The summed E-state index contributed by atoms with van der Waals surface area (Å²) in [5.41, 5.74) is 1.57. The average Bonchev–Trinajstić information content (AvgIpc) is 2.73. The number of benzene rings is 2. The first-order valence-electron chi connectivity index (χ1n) is 8.86. The topological polar surface area (TPSA) is 92.9 Å². The minimum atomic E-state index is -0.597. The monoisotopic (exact) mass is 370 g/mol. The molecule has 0 unspecified atom stereocenters. The molecule has 1 atom stereocenters. The lowest BCUT2D eigenvalue weighted by molar-refractivity contribution is -0.384. The van der Waals surface area contributed by atoms with Crippen LogP contribution in [0, 0.1) is 16.0 Å². The Kier molecular flexibility index (Phi) is 5.71. The Morgan fingerprint density at radius 1 is 1.22 bits per heavy atom. The third kappa shape index (κ3) is 4.09. The summed E-state index contributed by atoms with van der Waals surface area (Å²) in [5.74, 6) is -0.469. The number of aliphatic hydroxyl groups excluding tert-OH is 1. The highest BCUT2D eigenvalue weighted by molar-refractivity contribution is 5.96. The Balaban J connectivity index is 1.76. The van der Waals surface area contributed by atoms with Crippen LogP contribution in [0.4, 0.5) is 11.4 Å². The quantitative estimate of drug-likeness (QED) is 0.493. The molecule has 1 saturated heterocycles. The second kappa shape index (κ2) is 8.18. The van der Waals surface area contributed by atoms with Gasteiger partial charge in [0, 0.05) is 25.2 Å². The summed E-state index contributed by atoms with van der Waals surface area (Å²) in [6.45, 7) is 1.30. The van der Waals surface area contributed by atoms with E-state index in [1.165, 1.54) is 19.2 Å². The third-order valence-electron chi connectivity index (χ3n) is 5.06. The molecule has 0 aromatic heterocycles. The second-order valence-electron chi connectivity index (χ2n) is 6.63. The van der Waals surface area contributed by atoms with E-state index in [0.29, 0.717) is 18.8 Å². The maximum atomic E-state index is 12.1. The predicted molar refractivity (Wildman–Crippen MR) is 101 cm³/mol. The van der Waals surface area contributed by atoms with Crippen molar-refractivity contribution in [2.24, 2.45) is 5.92 Å². The SMILES string of the molecule is COC(=O)c1cc([N+](=O)[O-])ccc1N1CCC([C@H](O)c2ccccc2)CC1. The molecule has 7 heteroatoms. The maximum Gasteiger partial charge on any atom is 0.340 e. The number of carbonyl (C=O) groups is 1. The molecule has 0 radical (unpaired) electrons. The van der Waals surface area contributed by atoms with Gasteiger partial charge < -0.3 is 14.7 Å². The summed E-state index contributed by atoms with van der Waals surface area (Å²) in [7, 11) is 1.26. The largest absolute Gasteiger partial charge is 0.465 e. The van der Waals surface area contributed by atoms with Crippen LogP contribution in [0.1, 0.15) is 34.9 Å². The third-order valence-corrected chi connectivity index (χ3v) is 5.06. The van der Waals surface area contributed by atoms with E-state index >= 15 is 0 Å². The molecule has 1 heterocycles. The number of methoxy groups -OCH3 is 1. The molecule has 2 aromatic rings. The molecule has 0 amide bonds. The smallest absolute Gasteiger partial charge is 0.340 e. The van der Waals surface area contributed by atoms with Gasteiger partial charge in [-0.2, -0.15) is 0 Å². The summed E-state index contributed by atoms with van der Waals surface area (Å²) >= 11 is 0. The van der Waals surface area contributed by atoms with Crippen LogP contribution in [0.5, 0.6) is 0 Å². The molecule has 27 heavy (non-hydrogen) atoms. The van der Waals surface area contributed by atoms with Crippen molar-refractivity contribution in [3.8, 4) is 0 Å². The van der Waals surface area contributed by atoms with Gasteiger partial charge in [0.2, 0.25) is 0 Å². The van der Waals surface area contributed by atoms with Crippen LogP contribution < -0.4 is 4.90 Å². The normalized spacial score (nSPS) is 16.0. The van der Waals surface area contributed by atoms with E-state index in [4.69, 9.17) is 4.74 Å². The number of anilines is 1. The van der Waals surface area contributed by atoms with Gasteiger partial charge in [-0.15, -0.1) is 0 Å². The molecule has 1 aliphatic rings. The number of hydrogen-bond acceptors (Lipinski definition) is 6. The van der Waals surface area contributed by atoms with Crippen molar-refractivity contribution in [3.05, 3.63) is 69.8 Å². The van der Waals surface area contributed by atoms with Gasteiger partial charge in [-0.1, -0.05) is 30.3 Å². The maximum absolute atomic E-state index is 12.1. The van der Waals surface area contributed by atoms with Crippen molar-refractivity contribution in [3.63, 3.8) is 0 Å². The first-order valence-corrected chi connectivity index (χ1v) is 8.86. The molecular formula is C20H22N2O5. The lowest BCUT2D eigenvalue weighted by Gasteiger charge is -2.36. The summed E-state index contributed by atoms with van der Waals surface area (Å²) in [6, 6.07) is 13.8. The van der Waals surface area contributed by atoms with E-state index in [9.17, 15) is 20.0 Å². The highest BCUT2D eigenvalue weighted by atomic mass is 16.6. The van der Waals surface area contributed by atoms with Crippen LogP contribution in [-0.2, 0) is 4.74 Å². The summed E-state index contributed by atoms with van der Waals surface area (Å²) in [5, 5.41) is 21.6. The lowest BCUT2D eigenvalue weighted by Crippen LogP contribution is -2.36. The Hall–Kier alpha value is -2.93. The van der Waals surface area contributed by atoms with Crippen molar-refractivity contribution in [2.45, 2.75) is 18.9 Å². The molecule has 0 bridgehead atoms. The molecule has 142 valence electrons. The van der Waals surface area contributed by atoms with Crippen LogP contribution in [0.25, 0.3) is 0 Å². The number of ether oxygens (including phenoxy) is 1. The number of carbonyl (C=O) groups excluding carboxylic acids is 1. The average molecular weight is 370 g/mol. The second-order valence-corrected chi connectivity index (χ2v) is 6.63. The predicted octanol–water partition coefficient (Wildman–Crippen LogP) is 3.33. The molecule has 3 rings (SSSR count). The Morgan fingerprint density at radius 3 is 2.48 bits per heavy atom. The lowest BCUT2D eigenvalue weighted by atomic mass is 9.87. The zero-order valence-electron chi connectivity index (χ0n) is 15.1. The minimum absolute atomic E-state index is 0.128. The van der Waals surface area contributed by atoms with Gasteiger partial charge in [-0.3, -0.25) is 10.1 Å². The van der Waals surface area contributed by atoms with Crippen molar-refractivity contribution in [2.75, 3.05) is 25.1 Å². The number of aliphatic hydroxyl groups is 1. The van der Waals surface area contributed by atoms with E-state index in [0.717, 1.165) is 18.4 Å². The Morgan fingerprint density at radius 2 is 1.89 bits per heavy atom. The number of non-ortho nitro benzene ring substituents is 1. The summed E-state index contributed by atoms with van der Waals surface area (Å²) < 4.78 is 4.79. The minimum Gasteiger partial charge on any atom is -0.465 e. The Bertz CT molecular complexity index is 816. The Labute approximate surface area is 157 Å². The molecule has 1 aliphatic heterocycles. The molecular weight excluding hydrogens is 348 g/mol. The van der Waals surface area contributed by atoms with Gasteiger partial charge in [0.25, 0.3) is 5.69 Å². The van der Waals surface area contributed by atoms with Crippen LogP contribution in [-0.4, -0.2) is 36.2 Å². The molecule has 0 aliphatic carbocycles. The highest BCUT2D eigenvalue weighted by Gasteiger charge is 2.29. The van der Waals surface area contributed by atoms with Crippen LogP contribution in [0.15, 0.2) is 48.5 Å². The zero-order chi connectivity index (χ0) is 19.4. The van der Waals surface area contributed by atoms with E-state index in [1.807, 2.05) is 35.2 Å². The van der Waals surface area contributed by atoms with Gasteiger partial charge in [0.1, 0.15) is 0 Å². The van der Waals surface area contributed by atoms with Crippen molar-refractivity contribution in [1.82, 2.24) is 0 Å². The van der Waals surface area contributed by atoms with Crippen molar-refractivity contribution in [1.29, 1.82) is 0 Å². The first-order chi connectivity index (χ1) is 13.0. The van der Waals surface area contributed by atoms with E-state index in [1.54, 1.807) is 6.07 Å². The van der Waals surface area contributed by atoms with E-state index < -0.39 is 17.0 Å². The number of hydrogen-bond donors (Lipinski definition) is 1. The number of nitro groups is 1. The fraction of sp³-hybridized carbons (Fsp3) is 0.350. The molecule has 1 fully saturated rings. The number of nitrogens with zero attached hydrogens (tertiary/aromatic N) is 2. The summed E-state index contributed by atoms with van der Waals surface area (Å²) in [4.78, 5) is 24.6. The fourth-order valence-corrected chi connectivity index (χ4v) is 3.57. The van der Waals surface area contributed by atoms with Crippen LogP contribution in [0.2, 0.25) is 0 Å². The molecule has 7 nitrogen and oxygen atoms in total. The highest BCUT2D eigenvalue weighted by Crippen LogP contribution is 2.34. The van der Waals surface area contributed by atoms with Gasteiger partial charge in [-0.05, 0) is 30.4 Å². The van der Waals surface area contributed by atoms with Gasteiger partial charge in [-0.25, -0.2) is 4.79 Å². The van der Waals surface area contributed by atoms with Gasteiger partial charge in [0.05, 0.1) is 29.4 Å². The van der Waals surface area contributed by atoms with E-state index in [-0.39, 0.29) is 17.2 Å². The molecule has 0 spiro atoms. The number of esters is 1. The van der Waals surface area contributed by atoms with Crippen LogP contribution in [0.3, 0.4) is 0 Å². The van der Waals surface area contributed by atoms with Crippen molar-refractivity contribution >= 4 is 17.3 Å². The first kappa shape index (κ1) is 18.8. The van der Waals surface area contributed by atoms with Crippen LogP contribution >= 0.6 is 0 Å². The number of nitro benzene ring substituents is 1. The zero-order valence-corrected chi connectivity index (χ0v) is 15.1. The van der Waals surface area contributed by atoms with Gasteiger partial charge in [0.15, 0.2) is 0 Å². The van der Waals surface area contributed by atoms with Crippen molar-refractivity contribution < 1.29 is 19.6 Å². The summed E-state index contributed by atoms with van der Waals surface area (Å²) in [6.07, 6.45) is 0.992. The standard InChI is InChI=1S/C20H22N2O5/c1-27-20(24)17-13-16(22(25)26)7-8-18(17)21-11-9-15(10-12-21)19(23)14-5-3-2-4-6-14/h2-8,13,15,19,23H,9-12H2,1H3/t19-/m1/s1. The van der Waals surface area contributed by atoms with E-state index in [2.05, 4.69) is 0 Å².